The molecule has 112 valence electrons. The van der Waals surface area contributed by atoms with Crippen molar-refractivity contribution in [1.29, 1.82) is 0 Å². The minimum absolute atomic E-state index is 0.0328. The summed E-state index contributed by atoms with van der Waals surface area (Å²) >= 11 is 13.4. The summed E-state index contributed by atoms with van der Waals surface area (Å²) in [5.41, 5.74) is 3.03. The SMILES string of the molecule is C[C@H]1/C=C/C[C@H](Br)[C@@H]2C[C@@H](Cl)[C@@H](C[C@H](C=C=CBr)O1)O2. The Hall–Kier alpha value is 0.430. The van der Waals surface area contributed by atoms with Crippen molar-refractivity contribution in [1.82, 2.24) is 0 Å². The van der Waals surface area contributed by atoms with E-state index in [0.29, 0.717) is 4.83 Å². The molecule has 0 N–H and O–H groups in total. The van der Waals surface area contributed by atoms with E-state index >= 15 is 0 Å². The maximum Gasteiger partial charge on any atom is 0.0862 e. The summed E-state index contributed by atoms with van der Waals surface area (Å²) in [5, 5.41) is 0.0474. The molecule has 2 aliphatic rings. The molecule has 1 fully saturated rings. The van der Waals surface area contributed by atoms with Gasteiger partial charge in [-0.2, -0.15) is 0 Å². The lowest BCUT2D eigenvalue weighted by Crippen LogP contribution is -2.27. The molecule has 0 aromatic heterocycles. The van der Waals surface area contributed by atoms with Gasteiger partial charge in [-0.15, -0.1) is 17.3 Å². The van der Waals surface area contributed by atoms with Crippen molar-refractivity contribution in [2.45, 2.75) is 60.8 Å². The average molecular weight is 427 g/mol. The molecular weight excluding hydrogens is 407 g/mol. The van der Waals surface area contributed by atoms with E-state index in [1.165, 1.54) is 0 Å². The summed E-state index contributed by atoms with van der Waals surface area (Å²) in [6.45, 7) is 2.05. The van der Waals surface area contributed by atoms with E-state index in [1.807, 2.05) is 13.0 Å². The average Bonchev–Trinajstić information content (AvgIpc) is 2.75. The van der Waals surface area contributed by atoms with Gasteiger partial charge in [-0.05, 0) is 25.8 Å². The molecule has 2 aliphatic heterocycles. The molecule has 0 aromatic rings. The molecule has 0 amide bonds. The van der Waals surface area contributed by atoms with Gasteiger partial charge in [0.15, 0.2) is 0 Å². The van der Waals surface area contributed by atoms with Crippen molar-refractivity contribution in [3.05, 3.63) is 28.9 Å². The van der Waals surface area contributed by atoms with Crippen LogP contribution in [0.1, 0.15) is 26.2 Å². The molecule has 5 heteroatoms. The molecule has 0 spiro atoms. The van der Waals surface area contributed by atoms with Crippen molar-refractivity contribution in [2.75, 3.05) is 0 Å². The molecule has 6 atom stereocenters. The number of rotatable bonds is 1. The Labute approximate surface area is 142 Å². The summed E-state index contributed by atoms with van der Waals surface area (Å²) in [6, 6.07) is 0. The molecule has 1 saturated heterocycles. The van der Waals surface area contributed by atoms with Gasteiger partial charge in [0, 0.05) is 16.2 Å². The molecule has 2 nitrogen and oxygen atoms in total. The van der Waals surface area contributed by atoms with Gasteiger partial charge in [0.05, 0.1) is 29.8 Å². The highest BCUT2D eigenvalue weighted by molar-refractivity contribution is 9.11. The standard InChI is InChI=1S/C15H19Br2ClO2/c1-10-4-2-6-12(17)14-9-13(18)15(20-14)8-11(19-10)5-3-7-16/h2,4-5,7,10-15H,6,8-9H2,1H3/b4-2+/t3?,10-,11-,12-,13+,14-,15+/m0/s1. The third kappa shape index (κ3) is 4.72. The van der Waals surface area contributed by atoms with Crippen LogP contribution in [0.3, 0.4) is 0 Å². The highest BCUT2D eigenvalue weighted by Gasteiger charge is 2.38. The lowest BCUT2D eigenvalue weighted by molar-refractivity contribution is -0.00956. The smallest absolute Gasteiger partial charge is 0.0862 e. The number of hydrogen-bond acceptors (Lipinski definition) is 2. The maximum absolute atomic E-state index is 6.44. The van der Waals surface area contributed by atoms with Gasteiger partial charge >= 0.3 is 0 Å². The third-order valence-corrected chi connectivity index (χ3v) is 5.27. The Morgan fingerprint density at radius 2 is 2.10 bits per heavy atom. The Balaban J connectivity index is 2.16. The van der Waals surface area contributed by atoms with Crippen LogP contribution in [-0.4, -0.2) is 34.6 Å². The summed E-state index contributed by atoms with van der Waals surface area (Å²) < 4.78 is 12.1. The largest absolute Gasteiger partial charge is 0.372 e. The van der Waals surface area contributed by atoms with Gasteiger partial charge in [0.1, 0.15) is 0 Å². The Morgan fingerprint density at radius 1 is 1.30 bits per heavy atom. The van der Waals surface area contributed by atoms with E-state index in [1.54, 1.807) is 4.99 Å². The molecule has 2 heterocycles. The predicted molar refractivity (Wildman–Crippen MR) is 89.9 cm³/mol. The second kappa shape index (κ2) is 8.17. The molecule has 0 aliphatic carbocycles. The molecule has 20 heavy (non-hydrogen) atoms. The highest BCUT2D eigenvalue weighted by Crippen LogP contribution is 2.34. The second-order valence-electron chi connectivity index (χ2n) is 5.20. The predicted octanol–water partition coefficient (Wildman–Crippen LogP) is 4.70. The van der Waals surface area contributed by atoms with Crippen LogP contribution in [0.4, 0.5) is 0 Å². The zero-order chi connectivity index (χ0) is 14.5. The van der Waals surface area contributed by atoms with E-state index in [0.717, 1.165) is 19.3 Å². The summed E-state index contributed by atoms with van der Waals surface area (Å²) in [6.07, 6.45) is 8.98. The van der Waals surface area contributed by atoms with Crippen LogP contribution in [0.5, 0.6) is 0 Å². The van der Waals surface area contributed by atoms with E-state index in [9.17, 15) is 0 Å². The second-order valence-corrected chi connectivity index (χ2v) is 7.40. The topological polar surface area (TPSA) is 18.5 Å². The van der Waals surface area contributed by atoms with Crippen LogP contribution >= 0.6 is 43.5 Å². The molecule has 2 bridgehead atoms. The fourth-order valence-electron chi connectivity index (χ4n) is 2.58. The van der Waals surface area contributed by atoms with Gasteiger partial charge < -0.3 is 9.47 Å². The van der Waals surface area contributed by atoms with Crippen LogP contribution in [0.2, 0.25) is 0 Å². The first-order chi connectivity index (χ1) is 9.60. The van der Waals surface area contributed by atoms with E-state index < -0.39 is 0 Å². The van der Waals surface area contributed by atoms with Crippen molar-refractivity contribution in [3.8, 4) is 0 Å². The van der Waals surface area contributed by atoms with Crippen molar-refractivity contribution in [2.24, 2.45) is 0 Å². The number of hydrogen-bond donors (Lipinski definition) is 0. The maximum atomic E-state index is 6.44. The lowest BCUT2D eigenvalue weighted by atomic mass is 10.0. The first kappa shape index (κ1) is 16.8. The monoisotopic (exact) mass is 424 g/mol. The third-order valence-electron chi connectivity index (χ3n) is 3.58. The molecular formula is C15H19Br2ClO2. The molecule has 2 rings (SSSR count). The van der Waals surface area contributed by atoms with Gasteiger partial charge in [0.25, 0.3) is 0 Å². The quantitative estimate of drug-likeness (QED) is 0.344. The van der Waals surface area contributed by atoms with Crippen molar-refractivity contribution >= 4 is 43.5 Å². The van der Waals surface area contributed by atoms with Crippen molar-refractivity contribution < 1.29 is 9.47 Å². The number of alkyl halides is 2. The number of fused-ring (bicyclic) bond motifs is 2. The zero-order valence-corrected chi connectivity index (χ0v) is 15.3. The Bertz CT molecular complexity index is 407. The van der Waals surface area contributed by atoms with E-state index in [-0.39, 0.29) is 29.8 Å². The van der Waals surface area contributed by atoms with Crippen LogP contribution in [0.25, 0.3) is 0 Å². The number of halogens is 3. The van der Waals surface area contributed by atoms with Crippen LogP contribution in [-0.2, 0) is 9.47 Å². The first-order valence-electron chi connectivity index (χ1n) is 6.87. The van der Waals surface area contributed by atoms with Gasteiger partial charge in [-0.1, -0.05) is 44.0 Å². The lowest BCUT2D eigenvalue weighted by Gasteiger charge is -2.22. The van der Waals surface area contributed by atoms with E-state index in [4.69, 9.17) is 21.1 Å². The van der Waals surface area contributed by atoms with Gasteiger partial charge in [0.2, 0.25) is 0 Å². The molecule has 0 saturated carbocycles. The first-order valence-corrected chi connectivity index (χ1v) is 9.14. The Kier molecular flexibility index (Phi) is 6.86. The van der Waals surface area contributed by atoms with Crippen molar-refractivity contribution in [3.63, 3.8) is 0 Å². The van der Waals surface area contributed by atoms with Gasteiger partial charge in [-0.3, -0.25) is 0 Å². The van der Waals surface area contributed by atoms with Crippen LogP contribution < -0.4 is 0 Å². The summed E-state index contributed by atoms with van der Waals surface area (Å²) in [5.74, 6) is 0. The Morgan fingerprint density at radius 3 is 2.85 bits per heavy atom. The normalized spacial score (nSPS) is 43.2. The minimum atomic E-state index is -0.0414. The van der Waals surface area contributed by atoms with Crippen LogP contribution in [0, 0.1) is 0 Å². The zero-order valence-electron chi connectivity index (χ0n) is 11.3. The minimum Gasteiger partial charge on any atom is -0.372 e. The molecule has 0 unspecified atom stereocenters. The molecule has 0 radical (unpaired) electrons. The summed E-state index contributed by atoms with van der Waals surface area (Å²) in [7, 11) is 0. The highest BCUT2D eigenvalue weighted by atomic mass is 79.9. The van der Waals surface area contributed by atoms with E-state index in [2.05, 4.69) is 49.7 Å². The fourth-order valence-corrected chi connectivity index (χ4v) is 3.63. The number of ether oxygens (including phenoxy) is 2. The summed E-state index contributed by atoms with van der Waals surface area (Å²) in [4.78, 5) is 2.01. The van der Waals surface area contributed by atoms with Gasteiger partial charge in [-0.25, -0.2) is 0 Å². The molecule has 0 aromatic carbocycles. The van der Waals surface area contributed by atoms with Crippen LogP contribution in [0.15, 0.2) is 28.9 Å². The fraction of sp³-hybridized carbons (Fsp3) is 0.667. The number of allylic oxidation sites excluding steroid dienone is 1.